The second-order valence-electron chi connectivity index (χ2n) is 4.62. The topological polar surface area (TPSA) is 20.2 Å². The van der Waals surface area contributed by atoms with Gasteiger partial charge in [0.25, 0.3) is 0 Å². The second kappa shape index (κ2) is 6.21. The van der Waals surface area contributed by atoms with E-state index in [0.717, 1.165) is 6.42 Å². The van der Waals surface area contributed by atoms with Gasteiger partial charge in [-0.05, 0) is 42.4 Å². The Kier molecular flexibility index (Phi) is 5.23. The zero-order chi connectivity index (χ0) is 12.1. The molecule has 0 heterocycles. The second-order valence-corrected chi connectivity index (χ2v) is 5.05. The zero-order valence-electron chi connectivity index (χ0n) is 9.71. The van der Waals surface area contributed by atoms with Crippen molar-refractivity contribution in [1.29, 1.82) is 0 Å². The molecule has 1 atom stereocenters. The third-order valence-electron chi connectivity index (χ3n) is 2.59. The third kappa shape index (κ3) is 4.11. The van der Waals surface area contributed by atoms with Gasteiger partial charge >= 0.3 is 0 Å². The van der Waals surface area contributed by atoms with Crippen LogP contribution in [0, 0.1) is 17.7 Å². The molecule has 1 aromatic carbocycles. The highest BCUT2D eigenvalue weighted by atomic mass is 35.5. The largest absolute Gasteiger partial charge is 0.396 e. The molecular formula is C13H18ClFO. The first-order valence-corrected chi connectivity index (χ1v) is 5.95. The van der Waals surface area contributed by atoms with Crippen molar-refractivity contribution in [1.82, 2.24) is 0 Å². The highest BCUT2D eigenvalue weighted by Crippen LogP contribution is 2.21. The van der Waals surface area contributed by atoms with Crippen molar-refractivity contribution in [3.63, 3.8) is 0 Å². The maximum atomic E-state index is 13.5. The van der Waals surface area contributed by atoms with Gasteiger partial charge in [0.1, 0.15) is 5.82 Å². The number of rotatable bonds is 5. The van der Waals surface area contributed by atoms with Crippen LogP contribution >= 0.6 is 11.6 Å². The Labute approximate surface area is 101 Å². The lowest BCUT2D eigenvalue weighted by atomic mass is 9.91. The average molecular weight is 245 g/mol. The van der Waals surface area contributed by atoms with Crippen LogP contribution in [0.5, 0.6) is 0 Å². The predicted octanol–water partition coefficient (Wildman–Crippen LogP) is 3.68. The number of aliphatic hydroxyl groups excluding tert-OH is 1. The molecule has 0 saturated carbocycles. The number of hydrogen-bond donors (Lipinski definition) is 1. The molecule has 90 valence electrons. The third-order valence-corrected chi connectivity index (χ3v) is 2.82. The van der Waals surface area contributed by atoms with E-state index in [1.165, 1.54) is 6.07 Å². The molecule has 0 radical (unpaired) electrons. The van der Waals surface area contributed by atoms with E-state index >= 15 is 0 Å². The Hall–Kier alpha value is -0.600. The summed E-state index contributed by atoms with van der Waals surface area (Å²) in [5, 5.41) is 9.64. The molecule has 0 saturated heterocycles. The minimum atomic E-state index is -0.283. The normalized spacial score (nSPS) is 13.1. The molecule has 0 fully saturated rings. The van der Waals surface area contributed by atoms with Crippen LogP contribution in [0.25, 0.3) is 0 Å². The quantitative estimate of drug-likeness (QED) is 0.838. The molecule has 0 aliphatic rings. The van der Waals surface area contributed by atoms with Crippen molar-refractivity contribution in [2.45, 2.75) is 26.7 Å². The van der Waals surface area contributed by atoms with Crippen LogP contribution in [0.1, 0.15) is 25.8 Å². The Bertz CT molecular complexity index is 339. The van der Waals surface area contributed by atoms with Crippen LogP contribution in [0.15, 0.2) is 18.2 Å². The first-order valence-electron chi connectivity index (χ1n) is 5.57. The predicted molar refractivity (Wildman–Crippen MR) is 65.1 cm³/mol. The summed E-state index contributed by atoms with van der Waals surface area (Å²) < 4.78 is 13.5. The Balaban J connectivity index is 2.70. The highest BCUT2D eigenvalue weighted by Gasteiger charge is 2.13. The lowest BCUT2D eigenvalue weighted by Gasteiger charge is -2.16. The summed E-state index contributed by atoms with van der Waals surface area (Å²) in [6, 6.07) is 4.70. The first kappa shape index (κ1) is 13.5. The van der Waals surface area contributed by atoms with Crippen molar-refractivity contribution in [3.8, 4) is 0 Å². The molecule has 1 rings (SSSR count). The van der Waals surface area contributed by atoms with E-state index in [1.54, 1.807) is 12.1 Å². The monoisotopic (exact) mass is 244 g/mol. The van der Waals surface area contributed by atoms with Crippen molar-refractivity contribution in [3.05, 3.63) is 34.6 Å². The van der Waals surface area contributed by atoms with Crippen LogP contribution in [0.2, 0.25) is 5.02 Å². The summed E-state index contributed by atoms with van der Waals surface area (Å²) >= 11 is 5.68. The number of benzene rings is 1. The first-order chi connectivity index (χ1) is 7.52. The molecule has 1 unspecified atom stereocenters. The van der Waals surface area contributed by atoms with Gasteiger partial charge < -0.3 is 5.11 Å². The van der Waals surface area contributed by atoms with Gasteiger partial charge in [-0.2, -0.15) is 0 Å². The van der Waals surface area contributed by atoms with E-state index in [0.29, 0.717) is 22.9 Å². The molecule has 0 aliphatic heterocycles. The lowest BCUT2D eigenvalue weighted by Crippen LogP contribution is -2.13. The molecular weight excluding hydrogens is 227 g/mol. The van der Waals surface area contributed by atoms with Gasteiger partial charge in [-0.25, -0.2) is 4.39 Å². The van der Waals surface area contributed by atoms with Crippen LogP contribution in [-0.4, -0.2) is 11.7 Å². The van der Waals surface area contributed by atoms with E-state index < -0.39 is 0 Å². The molecule has 0 amide bonds. The molecule has 16 heavy (non-hydrogen) atoms. The van der Waals surface area contributed by atoms with Crippen molar-refractivity contribution >= 4 is 11.6 Å². The van der Waals surface area contributed by atoms with E-state index in [1.807, 2.05) is 0 Å². The molecule has 0 bridgehead atoms. The maximum absolute atomic E-state index is 13.5. The zero-order valence-corrected chi connectivity index (χ0v) is 10.5. The average Bonchev–Trinajstić information content (AvgIpc) is 2.20. The van der Waals surface area contributed by atoms with Crippen molar-refractivity contribution < 1.29 is 9.50 Å². The summed E-state index contributed by atoms with van der Waals surface area (Å²) in [5.41, 5.74) is 0.629. The molecule has 1 nitrogen and oxygen atoms in total. The minimum Gasteiger partial charge on any atom is -0.396 e. The standard InChI is InChI=1S/C13H18ClFO/c1-9(2)5-10(8-16)6-11-3-4-12(14)7-13(11)15/h3-4,7,9-10,16H,5-6,8H2,1-2H3. The van der Waals surface area contributed by atoms with E-state index in [4.69, 9.17) is 11.6 Å². The summed E-state index contributed by atoms with van der Waals surface area (Å²) in [6.07, 6.45) is 1.47. The van der Waals surface area contributed by atoms with Crippen LogP contribution in [0.3, 0.4) is 0 Å². The summed E-state index contributed by atoms with van der Waals surface area (Å²) in [4.78, 5) is 0. The smallest absolute Gasteiger partial charge is 0.127 e. The Morgan fingerprint density at radius 2 is 2.06 bits per heavy atom. The fourth-order valence-corrected chi connectivity index (χ4v) is 2.05. The Morgan fingerprint density at radius 3 is 2.56 bits per heavy atom. The highest BCUT2D eigenvalue weighted by molar-refractivity contribution is 6.30. The SMILES string of the molecule is CC(C)CC(CO)Cc1ccc(Cl)cc1F. The van der Waals surface area contributed by atoms with Gasteiger partial charge in [0.2, 0.25) is 0 Å². The summed E-state index contributed by atoms with van der Waals surface area (Å²) in [6.45, 7) is 4.29. The fraction of sp³-hybridized carbons (Fsp3) is 0.538. The van der Waals surface area contributed by atoms with Crippen LogP contribution in [0.4, 0.5) is 4.39 Å². The molecule has 1 N–H and O–H groups in total. The molecule has 0 spiro atoms. The van der Waals surface area contributed by atoms with Crippen LogP contribution < -0.4 is 0 Å². The van der Waals surface area contributed by atoms with Gasteiger partial charge in [-0.3, -0.25) is 0 Å². The fourth-order valence-electron chi connectivity index (χ4n) is 1.89. The number of hydrogen-bond acceptors (Lipinski definition) is 1. The van der Waals surface area contributed by atoms with Gasteiger partial charge in [-0.15, -0.1) is 0 Å². The van der Waals surface area contributed by atoms with Crippen molar-refractivity contribution in [2.24, 2.45) is 11.8 Å². The van der Waals surface area contributed by atoms with E-state index in [-0.39, 0.29) is 18.3 Å². The van der Waals surface area contributed by atoms with Crippen molar-refractivity contribution in [2.75, 3.05) is 6.61 Å². The minimum absolute atomic E-state index is 0.0975. The molecule has 1 aromatic rings. The molecule has 0 aromatic heterocycles. The van der Waals surface area contributed by atoms with Gasteiger partial charge in [0, 0.05) is 11.6 Å². The molecule has 3 heteroatoms. The maximum Gasteiger partial charge on any atom is 0.127 e. The van der Waals surface area contributed by atoms with E-state index in [9.17, 15) is 9.50 Å². The van der Waals surface area contributed by atoms with Gasteiger partial charge in [0.15, 0.2) is 0 Å². The summed E-state index contributed by atoms with van der Waals surface area (Å²) in [7, 11) is 0. The Morgan fingerprint density at radius 1 is 1.38 bits per heavy atom. The van der Waals surface area contributed by atoms with Crippen LogP contribution in [-0.2, 0) is 6.42 Å². The number of aliphatic hydroxyl groups is 1. The van der Waals surface area contributed by atoms with E-state index in [2.05, 4.69) is 13.8 Å². The summed E-state index contributed by atoms with van der Waals surface area (Å²) in [5.74, 6) is 0.345. The number of halogens is 2. The van der Waals surface area contributed by atoms with Gasteiger partial charge in [-0.1, -0.05) is 31.5 Å². The van der Waals surface area contributed by atoms with Gasteiger partial charge in [0.05, 0.1) is 0 Å². The molecule has 0 aliphatic carbocycles. The lowest BCUT2D eigenvalue weighted by molar-refractivity contribution is 0.204.